The maximum Gasteiger partial charge on any atom is 0.228 e. The maximum absolute atomic E-state index is 13.1. The molecule has 7 nitrogen and oxygen atoms in total. The zero-order valence-corrected chi connectivity index (χ0v) is 16.7. The van der Waals surface area contributed by atoms with Crippen molar-refractivity contribution in [2.75, 3.05) is 32.8 Å². The van der Waals surface area contributed by atoms with Gasteiger partial charge in [-0.25, -0.2) is 14.4 Å². The molecule has 0 aliphatic carbocycles. The van der Waals surface area contributed by atoms with Crippen molar-refractivity contribution in [3.8, 4) is 17.2 Å². The van der Waals surface area contributed by atoms with Crippen LogP contribution in [0.2, 0.25) is 0 Å². The molecule has 2 aromatic carbocycles. The van der Waals surface area contributed by atoms with Crippen LogP contribution in [-0.4, -0.2) is 42.5 Å². The van der Waals surface area contributed by atoms with Crippen LogP contribution in [0.25, 0.3) is 0 Å². The molecule has 0 aliphatic rings. The van der Waals surface area contributed by atoms with Gasteiger partial charge >= 0.3 is 0 Å². The summed E-state index contributed by atoms with van der Waals surface area (Å²) in [5.74, 6) is 1.39. The molecule has 152 valence electrons. The zero-order chi connectivity index (χ0) is 20.6. The molecule has 2 N–H and O–H groups in total. The Morgan fingerprint density at radius 3 is 2.52 bits per heavy atom. The predicted molar refractivity (Wildman–Crippen MR) is 108 cm³/mol. The van der Waals surface area contributed by atoms with E-state index in [-0.39, 0.29) is 19.0 Å². The molecule has 1 heterocycles. The normalized spacial score (nSPS) is 10.5. The number of halogens is 1. The summed E-state index contributed by atoms with van der Waals surface area (Å²) >= 11 is 1.39. The minimum Gasteiger partial charge on any atom is -0.493 e. The zero-order valence-electron chi connectivity index (χ0n) is 15.9. The van der Waals surface area contributed by atoms with Crippen molar-refractivity contribution < 1.29 is 23.7 Å². The third kappa shape index (κ3) is 5.49. The van der Waals surface area contributed by atoms with E-state index in [4.69, 9.17) is 19.3 Å². The summed E-state index contributed by atoms with van der Waals surface area (Å²) < 4.78 is 29.3. The van der Waals surface area contributed by atoms with Crippen LogP contribution in [0.4, 0.5) is 16.0 Å². The minimum atomic E-state index is -0.285. The second-order valence-electron chi connectivity index (χ2n) is 5.68. The summed E-state index contributed by atoms with van der Waals surface area (Å²) in [4.78, 5) is 9.56. The van der Waals surface area contributed by atoms with Crippen molar-refractivity contribution in [2.45, 2.75) is 9.92 Å². The van der Waals surface area contributed by atoms with Crippen molar-refractivity contribution >= 4 is 23.4 Å². The highest BCUT2D eigenvalue weighted by Crippen LogP contribution is 2.40. The quantitative estimate of drug-likeness (QED) is 0.507. The fraction of sp³-hybridized carbons (Fsp3) is 0.200. The van der Waals surface area contributed by atoms with E-state index >= 15 is 0 Å². The van der Waals surface area contributed by atoms with Crippen molar-refractivity contribution in [1.29, 1.82) is 0 Å². The number of methoxy groups -OCH3 is 2. The van der Waals surface area contributed by atoms with E-state index in [1.165, 1.54) is 38.1 Å². The van der Waals surface area contributed by atoms with Crippen LogP contribution < -0.4 is 19.5 Å². The average molecular weight is 417 g/mol. The van der Waals surface area contributed by atoms with Gasteiger partial charge in [-0.2, -0.15) is 0 Å². The third-order valence-electron chi connectivity index (χ3n) is 3.72. The van der Waals surface area contributed by atoms with Gasteiger partial charge in [0.2, 0.25) is 11.7 Å². The van der Waals surface area contributed by atoms with Crippen LogP contribution in [0, 0.1) is 5.82 Å². The van der Waals surface area contributed by atoms with E-state index in [9.17, 15) is 4.39 Å². The molecule has 0 amide bonds. The molecule has 29 heavy (non-hydrogen) atoms. The van der Waals surface area contributed by atoms with Crippen molar-refractivity contribution in [3.05, 3.63) is 54.5 Å². The maximum atomic E-state index is 13.1. The lowest BCUT2D eigenvalue weighted by Gasteiger charge is -2.16. The smallest absolute Gasteiger partial charge is 0.228 e. The van der Waals surface area contributed by atoms with E-state index in [2.05, 4.69) is 15.3 Å². The molecule has 1 aromatic heterocycles. The van der Waals surface area contributed by atoms with E-state index in [0.29, 0.717) is 33.9 Å². The molecule has 0 atom stereocenters. The first-order valence-electron chi connectivity index (χ1n) is 8.66. The van der Waals surface area contributed by atoms with Gasteiger partial charge in [0.25, 0.3) is 0 Å². The molecular weight excluding hydrogens is 397 g/mol. The lowest BCUT2D eigenvalue weighted by molar-refractivity contribution is 0.195. The molecule has 3 rings (SSSR count). The summed E-state index contributed by atoms with van der Waals surface area (Å²) in [5.41, 5.74) is 0.625. The molecule has 0 spiro atoms. The second kappa shape index (κ2) is 9.94. The van der Waals surface area contributed by atoms with Crippen molar-refractivity contribution in [3.63, 3.8) is 0 Å². The molecule has 0 radical (unpaired) electrons. The fourth-order valence-corrected chi connectivity index (χ4v) is 3.25. The number of aromatic nitrogens is 2. The molecule has 0 saturated heterocycles. The number of hydrogen-bond donors (Lipinski definition) is 2. The Morgan fingerprint density at radius 2 is 1.83 bits per heavy atom. The Kier molecular flexibility index (Phi) is 7.09. The van der Waals surface area contributed by atoms with E-state index in [1.54, 1.807) is 36.5 Å². The summed E-state index contributed by atoms with van der Waals surface area (Å²) in [6.45, 7) is -0.0157. The first-order valence-corrected chi connectivity index (χ1v) is 9.47. The monoisotopic (exact) mass is 417 g/mol. The summed E-state index contributed by atoms with van der Waals surface area (Å²) in [5, 5.41) is 12.8. The molecule has 0 aliphatic heterocycles. The Labute approximate surface area is 171 Å². The van der Waals surface area contributed by atoms with Gasteiger partial charge in [0, 0.05) is 28.9 Å². The number of hydrogen-bond acceptors (Lipinski definition) is 8. The Balaban J connectivity index is 1.82. The SMILES string of the molecule is COc1cc(Nc2nccc(Sc3ccc(F)cc3)n2)cc(OCCO)c1OC. The number of anilines is 2. The number of nitrogens with zero attached hydrogens (tertiary/aromatic N) is 2. The summed E-state index contributed by atoms with van der Waals surface area (Å²) in [6, 6.07) is 11.4. The van der Waals surface area contributed by atoms with Gasteiger partial charge in [-0.05, 0) is 30.3 Å². The number of aliphatic hydroxyl groups is 1. The van der Waals surface area contributed by atoms with Gasteiger partial charge in [0.15, 0.2) is 11.5 Å². The summed E-state index contributed by atoms with van der Waals surface area (Å²) in [7, 11) is 3.03. The van der Waals surface area contributed by atoms with Crippen molar-refractivity contribution in [2.24, 2.45) is 0 Å². The lowest BCUT2D eigenvalue weighted by atomic mass is 10.2. The van der Waals surface area contributed by atoms with Gasteiger partial charge < -0.3 is 24.6 Å². The first-order chi connectivity index (χ1) is 14.1. The Bertz CT molecular complexity index is 957. The molecule has 0 unspecified atom stereocenters. The van der Waals surface area contributed by atoms with Gasteiger partial charge in [0.1, 0.15) is 17.5 Å². The van der Waals surface area contributed by atoms with Gasteiger partial charge in [-0.15, -0.1) is 0 Å². The second-order valence-corrected chi connectivity index (χ2v) is 6.78. The molecular formula is C20H20FN3O4S. The van der Waals surface area contributed by atoms with E-state index in [0.717, 1.165) is 4.90 Å². The molecule has 0 saturated carbocycles. The standard InChI is InChI=1S/C20H20FN3O4S/c1-26-16-11-14(12-17(19(16)27-2)28-10-9-25)23-20-22-8-7-18(24-20)29-15-5-3-13(21)4-6-15/h3-8,11-12,25H,9-10H2,1-2H3,(H,22,23,24). The number of nitrogens with one attached hydrogen (secondary N) is 1. The summed E-state index contributed by atoms with van der Waals surface area (Å²) in [6.07, 6.45) is 1.63. The number of rotatable bonds is 9. The largest absolute Gasteiger partial charge is 0.493 e. The van der Waals surface area contributed by atoms with Crippen LogP contribution >= 0.6 is 11.8 Å². The van der Waals surface area contributed by atoms with Crippen LogP contribution in [0.3, 0.4) is 0 Å². The van der Waals surface area contributed by atoms with Gasteiger partial charge in [0.05, 0.1) is 20.8 Å². The highest BCUT2D eigenvalue weighted by atomic mass is 32.2. The highest BCUT2D eigenvalue weighted by molar-refractivity contribution is 7.99. The lowest BCUT2D eigenvalue weighted by Crippen LogP contribution is -2.05. The first kappa shape index (κ1) is 20.7. The molecule has 0 bridgehead atoms. The number of ether oxygens (including phenoxy) is 3. The minimum absolute atomic E-state index is 0.114. The third-order valence-corrected chi connectivity index (χ3v) is 4.66. The van der Waals surface area contributed by atoms with Crippen LogP contribution in [0.5, 0.6) is 17.2 Å². The molecule has 9 heteroatoms. The predicted octanol–water partition coefficient (Wildman–Crippen LogP) is 3.90. The Morgan fingerprint density at radius 1 is 1.07 bits per heavy atom. The average Bonchev–Trinajstić information content (AvgIpc) is 2.73. The van der Waals surface area contributed by atoms with Crippen molar-refractivity contribution in [1.82, 2.24) is 9.97 Å². The fourth-order valence-electron chi connectivity index (χ4n) is 2.48. The van der Waals surface area contributed by atoms with Gasteiger partial charge in [-0.1, -0.05) is 11.8 Å². The topological polar surface area (TPSA) is 85.7 Å². The number of aliphatic hydroxyl groups excluding tert-OH is 1. The van der Waals surface area contributed by atoms with Crippen LogP contribution in [0.1, 0.15) is 0 Å². The molecule has 0 fully saturated rings. The molecule has 3 aromatic rings. The van der Waals surface area contributed by atoms with E-state index in [1.807, 2.05) is 0 Å². The Hall–Kier alpha value is -3.04. The number of benzene rings is 2. The van der Waals surface area contributed by atoms with Gasteiger partial charge in [-0.3, -0.25) is 0 Å². The van der Waals surface area contributed by atoms with Crippen LogP contribution in [0.15, 0.2) is 58.6 Å². The van der Waals surface area contributed by atoms with E-state index < -0.39 is 0 Å². The van der Waals surface area contributed by atoms with Crippen LogP contribution in [-0.2, 0) is 0 Å². The highest BCUT2D eigenvalue weighted by Gasteiger charge is 2.15.